The number of hydrogen-bond acceptors (Lipinski definition) is 2. The molecule has 6 heteroatoms. The van der Waals surface area contributed by atoms with Gasteiger partial charge in [-0.1, -0.05) is 0 Å². The molecule has 0 unspecified atom stereocenters. The average molecular weight is 282 g/mol. The lowest BCUT2D eigenvalue weighted by Gasteiger charge is -2.25. The molecule has 1 aromatic carbocycles. The van der Waals surface area contributed by atoms with E-state index in [-0.39, 0.29) is 5.75 Å². The molecule has 1 heterocycles. The number of aromatic nitrogens is 2. The summed E-state index contributed by atoms with van der Waals surface area (Å²) in [5, 5.41) is 14.0. The number of aromatic hydroxyl groups is 1. The SMILES string of the molecule is Oc1cc(C(F)(F)F)ccc1-c1cnn(C2CCC2)c1. The van der Waals surface area contributed by atoms with Crippen LogP contribution in [0.3, 0.4) is 0 Å². The fraction of sp³-hybridized carbons (Fsp3) is 0.357. The van der Waals surface area contributed by atoms with Crippen LogP contribution in [0.2, 0.25) is 0 Å². The van der Waals surface area contributed by atoms with E-state index < -0.39 is 11.7 Å². The Morgan fingerprint density at radius 3 is 2.55 bits per heavy atom. The van der Waals surface area contributed by atoms with Crippen molar-refractivity contribution in [1.29, 1.82) is 0 Å². The molecule has 0 saturated heterocycles. The third-order valence-electron chi connectivity index (χ3n) is 3.69. The topological polar surface area (TPSA) is 38.1 Å². The summed E-state index contributed by atoms with van der Waals surface area (Å²) in [7, 11) is 0. The van der Waals surface area contributed by atoms with Crippen LogP contribution in [0, 0.1) is 0 Å². The van der Waals surface area contributed by atoms with Gasteiger partial charge in [-0.05, 0) is 37.5 Å². The summed E-state index contributed by atoms with van der Waals surface area (Å²) in [5.74, 6) is -0.381. The lowest BCUT2D eigenvalue weighted by molar-refractivity contribution is -0.137. The summed E-state index contributed by atoms with van der Waals surface area (Å²) in [6.45, 7) is 0. The highest BCUT2D eigenvalue weighted by atomic mass is 19.4. The second kappa shape index (κ2) is 4.54. The van der Waals surface area contributed by atoms with Gasteiger partial charge >= 0.3 is 6.18 Å². The molecular weight excluding hydrogens is 269 g/mol. The summed E-state index contributed by atoms with van der Waals surface area (Å²) >= 11 is 0. The normalized spacial score (nSPS) is 16.1. The molecule has 3 rings (SSSR count). The zero-order valence-corrected chi connectivity index (χ0v) is 10.6. The van der Waals surface area contributed by atoms with Crippen molar-refractivity contribution in [3.05, 3.63) is 36.2 Å². The number of hydrogen-bond donors (Lipinski definition) is 1. The molecular formula is C14H13F3N2O. The van der Waals surface area contributed by atoms with E-state index in [1.165, 1.54) is 12.5 Å². The molecule has 1 saturated carbocycles. The maximum atomic E-state index is 12.5. The third kappa shape index (κ3) is 2.26. The number of benzene rings is 1. The van der Waals surface area contributed by atoms with E-state index in [9.17, 15) is 18.3 Å². The molecule has 0 atom stereocenters. The van der Waals surface area contributed by atoms with Crippen LogP contribution >= 0.6 is 0 Å². The Morgan fingerprint density at radius 1 is 1.25 bits per heavy atom. The molecule has 3 nitrogen and oxygen atoms in total. The van der Waals surface area contributed by atoms with E-state index in [1.54, 1.807) is 12.4 Å². The Kier molecular flexibility index (Phi) is 2.96. The van der Waals surface area contributed by atoms with Crippen LogP contribution in [0.1, 0.15) is 30.9 Å². The highest BCUT2D eigenvalue weighted by Crippen LogP contribution is 2.37. The van der Waals surface area contributed by atoms with Gasteiger partial charge in [-0.3, -0.25) is 4.68 Å². The largest absolute Gasteiger partial charge is 0.507 e. The maximum Gasteiger partial charge on any atom is 0.416 e. The first-order chi connectivity index (χ1) is 9.45. The van der Waals surface area contributed by atoms with Gasteiger partial charge in [-0.15, -0.1) is 0 Å². The van der Waals surface area contributed by atoms with Gasteiger partial charge in [0.25, 0.3) is 0 Å². The van der Waals surface area contributed by atoms with Crippen molar-refractivity contribution in [3.63, 3.8) is 0 Å². The molecule has 0 aliphatic heterocycles. The third-order valence-corrected chi connectivity index (χ3v) is 3.69. The average Bonchev–Trinajstić information content (AvgIpc) is 2.74. The molecule has 2 aromatic rings. The van der Waals surface area contributed by atoms with Gasteiger partial charge in [0.15, 0.2) is 0 Å². The number of halogens is 3. The van der Waals surface area contributed by atoms with Crippen molar-refractivity contribution < 1.29 is 18.3 Å². The summed E-state index contributed by atoms with van der Waals surface area (Å²) in [6, 6.07) is 3.37. The van der Waals surface area contributed by atoms with Crippen molar-refractivity contribution >= 4 is 0 Å². The molecule has 0 spiro atoms. The number of alkyl halides is 3. The van der Waals surface area contributed by atoms with E-state index in [0.717, 1.165) is 25.0 Å². The lowest BCUT2D eigenvalue weighted by atomic mass is 9.93. The van der Waals surface area contributed by atoms with Crippen LogP contribution in [0.15, 0.2) is 30.6 Å². The lowest BCUT2D eigenvalue weighted by Crippen LogP contribution is -2.16. The standard InChI is InChI=1S/C14H13F3N2O/c15-14(16,17)10-4-5-12(13(20)6-10)9-7-18-19(8-9)11-2-1-3-11/h4-8,11,20H,1-3H2. The van der Waals surface area contributed by atoms with Crippen molar-refractivity contribution in [1.82, 2.24) is 9.78 Å². The van der Waals surface area contributed by atoms with Gasteiger partial charge in [-0.25, -0.2) is 0 Å². The van der Waals surface area contributed by atoms with Crippen LogP contribution in [0.5, 0.6) is 5.75 Å². The minimum atomic E-state index is -4.45. The zero-order valence-electron chi connectivity index (χ0n) is 10.6. The second-order valence-corrected chi connectivity index (χ2v) is 5.02. The van der Waals surface area contributed by atoms with Gasteiger partial charge in [-0.2, -0.15) is 18.3 Å². The predicted molar refractivity (Wildman–Crippen MR) is 67.2 cm³/mol. The number of rotatable bonds is 2. The summed E-state index contributed by atoms with van der Waals surface area (Å²) < 4.78 is 39.4. The number of nitrogens with zero attached hydrogens (tertiary/aromatic N) is 2. The van der Waals surface area contributed by atoms with E-state index in [2.05, 4.69) is 5.10 Å². The Bertz CT molecular complexity index is 630. The van der Waals surface area contributed by atoms with Crippen molar-refractivity contribution in [3.8, 4) is 16.9 Å². The van der Waals surface area contributed by atoms with Crippen LogP contribution < -0.4 is 0 Å². The molecule has 1 N–H and O–H groups in total. The van der Waals surface area contributed by atoms with E-state index in [4.69, 9.17) is 0 Å². The quantitative estimate of drug-likeness (QED) is 0.904. The highest BCUT2D eigenvalue weighted by molar-refractivity contribution is 5.69. The Balaban J connectivity index is 1.92. The first kappa shape index (κ1) is 13.0. The molecule has 0 bridgehead atoms. The maximum absolute atomic E-state index is 12.5. The summed E-state index contributed by atoms with van der Waals surface area (Å²) in [4.78, 5) is 0. The highest BCUT2D eigenvalue weighted by Gasteiger charge is 2.31. The first-order valence-electron chi connectivity index (χ1n) is 6.40. The molecule has 0 amide bonds. The number of phenols is 1. The zero-order chi connectivity index (χ0) is 14.3. The van der Waals surface area contributed by atoms with Crippen LogP contribution in [0.4, 0.5) is 13.2 Å². The summed E-state index contributed by atoms with van der Waals surface area (Å²) in [5.41, 5.74) is 0.136. The predicted octanol–water partition coefficient (Wildman–Crippen LogP) is 4.00. The van der Waals surface area contributed by atoms with Crippen molar-refractivity contribution in [2.24, 2.45) is 0 Å². The number of phenolic OH excluding ortho intramolecular Hbond substituents is 1. The molecule has 20 heavy (non-hydrogen) atoms. The van der Waals surface area contributed by atoms with Crippen LogP contribution in [-0.2, 0) is 6.18 Å². The van der Waals surface area contributed by atoms with Gasteiger partial charge in [0.05, 0.1) is 17.8 Å². The van der Waals surface area contributed by atoms with E-state index >= 15 is 0 Å². The molecule has 1 aliphatic carbocycles. The van der Waals surface area contributed by atoms with Crippen molar-refractivity contribution in [2.45, 2.75) is 31.5 Å². The Labute approximate surface area is 113 Å². The molecule has 1 fully saturated rings. The van der Waals surface area contributed by atoms with Crippen LogP contribution in [-0.4, -0.2) is 14.9 Å². The summed E-state index contributed by atoms with van der Waals surface area (Å²) in [6.07, 6.45) is 2.20. The molecule has 1 aromatic heterocycles. The monoisotopic (exact) mass is 282 g/mol. The fourth-order valence-electron chi connectivity index (χ4n) is 2.28. The fourth-order valence-corrected chi connectivity index (χ4v) is 2.28. The van der Waals surface area contributed by atoms with Gasteiger partial charge in [0.2, 0.25) is 0 Å². The van der Waals surface area contributed by atoms with Gasteiger partial charge in [0, 0.05) is 17.3 Å². The molecule has 0 radical (unpaired) electrons. The Hall–Kier alpha value is -1.98. The second-order valence-electron chi connectivity index (χ2n) is 5.02. The van der Waals surface area contributed by atoms with Gasteiger partial charge < -0.3 is 5.11 Å². The van der Waals surface area contributed by atoms with Gasteiger partial charge in [0.1, 0.15) is 5.75 Å². The van der Waals surface area contributed by atoms with E-state index in [0.29, 0.717) is 17.2 Å². The van der Waals surface area contributed by atoms with Crippen molar-refractivity contribution in [2.75, 3.05) is 0 Å². The first-order valence-corrected chi connectivity index (χ1v) is 6.40. The van der Waals surface area contributed by atoms with Crippen LogP contribution in [0.25, 0.3) is 11.1 Å². The molecule has 106 valence electrons. The smallest absolute Gasteiger partial charge is 0.416 e. The molecule has 1 aliphatic rings. The Morgan fingerprint density at radius 2 is 2.00 bits per heavy atom. The van der Waals surface area contributed by atoms with E-state index in [1.807, 2.05) is 4.68 Å². The minimum absolute atomic E-state index is 0.364. The minimum Gasteiger partial charge on any atom is -0.507 e.